The van der Waals surface area contributed by atoms with Crippen molar-refractivity contribution in [3.8, 4) is 5.95 Å². The van der Waals surface area contributed by atoms with Crippen molar-refractivity contribution in [2.24, 2.45) is 7.05 Å². The quantitative estimate of drug-likeness (QED) is 0.445. The summed E-state index contributed by atoms with van der Waals surface area (Å²) in [7, 11) is 3.43. The monoisotopic (exact) mass is 446 g/mol. The van der Waals surface area contributed by atoms with E-state index in [2.05, 4.69) is 9.97 Å². The van der Waals surface area contributed by atoms with Gasteiger partial charge in [-0.25, -0.2) is 9.78 Å². The maximum absolute atomic E-state index is 13.1. The molecule has 0 saturated heterocycles. The molecule has 5 rings (SSSR count). The molecule has 1 aliphatic carbocycles. The Hall–Kier alpha value is -2.42. The SMILES string of the molecule is COC1CCC(n2c(=O)n(C)c3c(Cl)nc(-n4cnc5ccc(Cl)cc54)nc32)CC1. The number of rotatable bonds is 3. The standard InChI is InChI=1S/C20H20Cl2N6O2/c1-26-16-17(22)24-19(27-10-23-14-8-3-11(21)9-15(14)27)25-18(16)28(20(26)29)12-4-6-13(30-2)7-5-12/h3,8-10,12-13H,4-7H2,1-2H3. The number of hydrogen-bond acceptors (Lipinski definition) is 5. The summed E-state index contributed by atoms with van der Waals surface area (Å²) in [6.45, 7) is 0. The van der Waals surface area contributed by atoms with Crippen LogP contribution >= 0.6 is 23.2 Å². The van der Waals surface area contributed by atoms with Crippen molar-refractivity contribution in [1.82, 2.24) is 28.7 Å². The Morgan fingerprint density at radius 2 is 1.90 bits per heavy atom. The molecule has 0 N–H and O–H groups in total. The van der Waals surface area contributed by atoms with E-state index in [0.717, 1.165) is 36.7 Å². The van der Waals surface area contributed by atoms with E-state index >= 15 is 0 Å². The summed E-state index contributed by atoms with van der Waals surface area (Å²) in [5, 5.41) is 0.811. The molecule has 4 aromatic rings. The smallest absolute Gasteiger partial charge is 0.330 e. The van der Waals surface area contributed by atoms with Crippen LogP contribution in [0.2, 0.25) is 10.2 Å². The first-order chi connectivity index (χ1) is 14.5. The van der Waals surface area contributed by atoms with Gasteiger partial charge in [-0.3, -0.25) is 13.7 Å². The summed E-state index contributed by atoms with van der Waals surface area (Å²) in [5.41, 5.74) is 2.45. The maximum Gasteiger partial charge on any atom is 0.330 e. The van der Waals surface area contributed by atoms with E-state index < -0.39 is 0 Å². The Morgan fingerprint density at radius 1 is 1.13 bits per heavy atom. The highest BCUT2D eigenvalue weighted by molar-refractivity contribution is 6.33. The Kier molecular flexibility index (Phi) is 4.80. The summed E-state index contributed by atoms with van der Waals surface area (Å²) < 4.78 is 10.5. The molecule has 0 aliphatic heterocycles. The Balaban J connectivity index is 1.69. The Morgan fingerprint density at radius 3 is 2.63 bits per heavy atom. The van der Waals surface area contributed by atoms with Gasteiger partial charge in [-0.2, -0.15) is 9.97 Å². The van der Waals surface area contributed by atoms with Crippen molar-refractivity contribution in [1.29, 1.82) is 0 Å². The molecule has 10 heteroatoms. The number of halogens is 2. The minimum Gasteiger partial charge on any atom is -0.381 e. The van der Waals surface area contributed by atoms with Gasteiger partial charge in [-0.15, -0.1) is 0 Å². The zero-order valence-electron chi connectivity index (χ0n) is 16.5. The summed E-state index contributed by atoms with van der Waals surface area (Å²) in [4.78, 5) is 26.7. The number of imidazole rings is 2. The third-order valence-electron chi connectivity index (χ3n) is 5.93. The molecule has 0 radical (unpaired) electrons. The van der Waals surface area contributed by atoms with Crippen molar-refractivity contribution in [3.63, 3.8) is 0 Å². The molecule has 30 heavy (non-hydrogen) atoms. The number of methoxy groups -OCH3 is 1. The van der Waals surface area contributed by atoms with E-state index in [1.54, 1.807) is 41.8 Å². The highest BCUT2D eigenvalue weighted by Gasteiger charge is 2.28. The second kappa shape index (κ2) is 7.37. The van der Waals surface area contributed by atoms with Crippen LogP contribution < -0.4 is 5.69 Å². The van der Waals surface area contributed by atoms with Crippen molar-refractivity contribution >= 4 is 45.4 Å². The van der Waals surface area contributed by atoms with Crippen LogP contribution in [0.1, 0.15) is 31.7 Å². The third kappa shape index (κ3) is 3.02. The lowest BCUT2D eigenvalue weighted by molar-refractivity contribution is 0.0584. The first-order valence-electron chi connectivity index (χ1n) is 9.78. The topological polar surface area (TPSA) is 79.8 Å². The van der Waals surface area contributed by atoms with Crippen molar-refractivity contribution in [2.45, 2.75) is 37.8 Å². The lowest BCUT2D eigenvalue weighted by Crippen LogP contribution is -2.30. The number of hydrogen-bond donors (Lipinski definition) is 0. The van der Waals surface area contributed by atoms with Gasteiger partial charge in [-0.05, 0) is 43.9 Å². The average molecular weight is 447 g/mol. The van der Waals surface area contributed by atoms with Gasteiger partial charge in [0.2, 0.25) is 5.95 Å². The third-order valence-corrected chi connectivity index (χ3v) is 6.43. The molecular formula is C20H20Cl2N6O2. The number of fused-ring (bicyclic) bond motifs is 2. The first-order valence-corrected chi connectivity index (χ1v) is 10.5. The normalized spacial score (nSPS) is 19.7. The van der Waals surface area contributed by atoms with Gasteiger partial charge in [0.15, 0.2) is 10.8 Å². The fourth-order valence-electron chi connectivity index (χ4n) is 4.33. The van der Waals surface area contributed by atoms with E-state index in [1.807, 2.05) is 6.07 Å². The van der Waals surface area contributed by atoms with Gasteiger partial charge in [0.1, 0.15) is 11.8 Å². The van der Waals surface area contributed by atoms with Crippen LogP contribution in [-0.4, -0.2) is 41.9 Å². The van der Waals surface area contributed by atoms with E-state index in [4.69, 9.17) is 32.9 Å². The van der Waals surface area contributed by atoms with Crippen molar-refractivity contribution < 1.29 is 4.74 Å². The van der Waals surface area contributed by atoms with Gasteiger partial charge in [-0.1, -0.05) is 23.2 Å². The predicted octanol–water partition coefficient (Wildman–Crippen LogP) is 3.91. The van der Waals surface area contributed by atoms with Gasteiger partial charge in [0.25, 0.3) is 0 Å². The average Bonchev–Trinajstić information content (AvgIpc) is 3.27. The van der Waals surface area contributed by atoms with Crippen LogP contribution in [0.15, 0.2) is 29.3 Å². The molecule has 1 aliphatic rings. The molecule has 1 aromatic carbocycles. The minimum absolute atomic E-state index is 0.0420. The van der Waals surface area contributed by atoms with E-state index in [9.17, 15) is 4.79 Å². The van der Waals surface area contributed by atoms with Gasteiger partial charge >= 0.3 is 5.69 Å². The number of nitrogens with zero attached hydrogens (tertiary/aromatic N) is 6. The van der Waals surface area contributed by atoms with Crippen LogP contribution in [0.4, 0.5) is 0 Å². The molecule has 156 valence electrons. The number of ether oxygens (including phenoxy) is 1. The molecule has 0 amide bonds. The zero-order valence-corrected chi connectivity index (χ0v) is 18.1. The molecular weight excluding hydrogens is 427 g/mol. The number of aryl methyl sites for hydroxylation is 1. The van der Waals surface area contributed by atoms with Gasteiger partial charge in [0.05, 0.1) is 17.1 Å². The molecule has 3 aromatic heterocycles. The molecule has 8 nitrogen and oxygen atoms in total. The summed E-state index contributed by atoms with van der Waals surface area (Å²) in [6, 6.07) is 5.46. The van der Waals surface area contributed by atoms with Gasteiger partial charge in [0, 0.05) is 25.2 Å². The van der Waals surface area contributed by atoms with Crippen molar-refractivity contribution in [3.05, 3.63) is 45.2 Å². The summed E-state index contributed by atoms with van der Waals surface area (Å²) >= 11 is 12.7. The molecule has 1 fully saturated rings. The first kappa shape index (κ1) is 19.5. The Bertz CT molecular complexity index is 1320. The van der Waals surface area contributed by atoms with E-state index in [-0.39, 0.29) is 23.0 Å². The molecule has 1 saturated carbocycles. The predicted molar refractivity (Wildman–Crippen MR) is 116 cm³/mol. The van der Waals surface area contributed by atoms with Crippen LogP contribution in [0.25, 0.3) is 28.1 Å². The molecule has 0 atom stereocenters. The van der Waals surface area contributed by atoms with Crippen LogP contribution in [-0.2, 0) is 11.8 Å². The fourth-order valence-corrected chi connectivity index (χ4v) is 4.78. The second-order valence-corrected chi connectivity index (χ2v) is 8.41. The number of aromatic nitrogens is 6. The molecule has 3 heterocycles. The van der Waals surface area contributed by atoms with Crippen LogP contribution in [0.5, 0.6) is 0 Å². The minimum atomic E-state index is -0.141. The summed E-state index contributed by atoms with van der Waals surface area (Å²) in [6.07, 6.45) is 5.37. The zero-order chi connectivity index (χ0) is 21.0. The lowest BCUT2D eigenvalue weighted by Gasteiger charge is -2.28. The highest BCUT2D eigenvalue weighted by atomic mass is 35.5. The molecule has 0 spiro atoms. The summed E-state index contributed by atoms with van der Waals surface area (Å²) in [5.74, 6) is 0.349. The van der Waals surface area contributed by atoms with Crippen molar-refractivity contribution in [2.75, 3.05) is 7.11 Å². The van der Waals surface area contributed by atoms with Crippen LogP contribution in [0.3, 0.4) is 0 Å². The maximum atomic E-state index is 13.1. The van der Waals surface area contributed by atoms with E-state index in [1.165, 1.54) is 4.57 Å². The molecule has 0 bridgehead atoms. The van der Waals surface area contributed by atoms with Crippen LogP contribution in [0, 0.1) is 0 Å². The second-order valence-electron chi connectivity index (χ2n) is 7.61. The number of benzene rings is 1. The lowest BCUT2D eigenvalue weighted by atomic mass is 9.93. The molecule has 0 unspecified atom stereocenters. The largest absolute Gasteiger partial charge is 0.381 e. The Labute approximate surface area is 182 Å². The fraction of sp³-hybridized carbons (Fsp3) is 0.400. The van der Waals surface area contributed by atoms with Gasteiger partial charge < -0.3 is 4.74 Å². The van der Waals surface area contributed by atoms with E-state index in [0.29, 0.717) is 22.1 Å². The highest BCUT2D eigenvalue weighted by Crippen LogP contribution is 2.32.